The monoisotopic (exact) mass is 320 g/mol. The van der Waals surface area contributed by atoms with Crippen LogP contribution in [0.2, 0.25) is 0 Å². The van der Waals surface area contributed by atoms with Crippen LogP contribution in [0.3, 0.4) is 0 Å². The molecule has 1 amide bonds. The lowest BCUT2D eigenvalue weighted by molar-refractivity contribution is -0.114. The Labute approximate surface area is 141 Å². The van der Waals surface area contributed by atoms with Gasteiger partial charge in [-0.1, -0.05) is 24.3 Å². The Hall–Kier alpha value is -2.92. The van der Waals surface area contributed by atoms with Gasteiger partial charge in [0.1, 0.15) is 5.82 Å². The fraction of sp³-hybridized carbons (Fsp3) is 0.158. The quantitative estimate of drug-likeness (QED) is 0.759. The van der Waals surface area contributed by atoms with Crippen LogP contribution < -0.4 is 11.1 Å². The number of hydrogen-bond donors (Lipinski definition) is 2. The third-order valence-corrected chi connectivity index (χ3v) is 3.79. The molecular formula is C19H20N4O. The number of carbonyl (C=O) groups excluding carboxylic acids is 1. The van der Waals surface area contributed by atoms with Crippen LogP contribution in [0.15, 0.2) is 60.9 Å². The van der Waals surface area contributed by atoms with Crippen molar-refractivity contribution >= 4 is 11.6 Å². The first-order valence-electron chi connectivity index (χ1n) is 7.83. The van der Waals surface area contributed by atoms with Crippen molar-refractivity contribution in [2.75, 3.05) is 5.32 Å². The molecule has 0 radical (unpaired) electrons. The van der Waals surface area contributed by atoms with Gasteiger partial charge in [-0.25, -0.2) is 4.98 Å². The first-order valence-corrected chi connectivity index (χ1v) is 7.83. The summed E-state index contributed by atoms with van der Waals surface area (Å²) in [5, 5.41) is 2.77. The van der Waals surface area contributed by atoms with Crippen LogP contribution in [0.25, 0.3) is 11.4 Å². The minimum absolute atomic E-state index is 0.0785. The Morgan fingerprint density at radius 2 is 1.75 bits per heavy atom. The van der Waals surface area contributed by atoms with E-state index in [1.807, 2.05) is 42.6 Å². The number of aromatic nitrogens is 2. The molecule has 1 heterocycles. The molecule has 0 saturated carbocycles. The van der Waals surface area contributed by atoms with Gasteiger partial charge >= 0.3 is 0 Å². The number of rotatable bonds is 5. The van der Waals surface area contributed by atoms with Crippen molar-refractivity contribution in [3.63, 3.8) is 0 Å². The van der Waals surface area contributed by atoms with Gasteiger partial charge in [-0.15, -0.1) is 0 Å². The molecule has 5 heteroatoms. The molecule has 3 aromatic rings. The molecule has 0 aliphatic rings. The van der Waals surface area contributed by atoms with Crippen molar-refractivity contribution in [1.82, 2.24) is 9.55 Å². The second kappa shape index (κ2) is 7.10. The van der Waals surface area contributed by atoms with E-state index in [1.54, 1.807) is 6.20 Å². The number of nitrogens with one attached hydrogen (secondary N) is 1. The second-order valence-electron chi connectivity index (χ2n) is 5.66. The number of benzene rings is 2. The van der Waals surface area contributed by atoms with Gasteiger partial charge in [0.2, 0.25) is 5.91 Å². The highest BCUT2D eigenvalue weighted by atomic mass is 16.1. The van der Waals surface area contributed by atoms with Gasteiger partial charge in [-0.2, -0.15) is 0 Å². The van der Waals surface area contributed by atoms with E-state index in [1.165, 1.54) is 12.5 Å². The lowest BCUT2D eigenvalue weighted by atomic mass is 10.1. The highest BCUT2D eigenvalue weighted by Crippen LogP contribution is 2.21. The second-order valence-corrected chi connectivity index (χ2v) is 5.66. The lowest BCUT2D eigenvalue weighted by Gasteiger charge is -2.09. The fourth-order valence-electron chi connectivity index (χ4n) is 2.58. The van der Waals surface area contributed by atoms with Gasteiger partial charge in [-0.05, 0) is 35.4 Å². The van der Waals surface area contributed by atoms with Gasteiger partial charge in [-0.3, -0.25) is 4.79 Å². The van der Waals surface area contributed by atoms with Crippen LogP contribution in [0.4, 0.5) is 5.69 Å². The average Bonchev–Trinajstić information content (AvgIpc) is 3.04. The SMILES string of the molecule is CC(=O)Nc1ccc(-c2nccn2Cc2ccc(CN)cc2)cc1. The predicted molar refractivity (Wildman–Crippen MR) is 95.4 cm³/mol. The van der Waals surface area contributed by atoms with Crippen LogP contribution >= 0.6 is 0 Å². The molecule has 3 rings (SSSR count). The highest BCUT2D eigenvalue weighted by molar-refractivity contribution is 5.88. The number of carbonyl (C=O) groups is 1. The molecule has 2 aromatic carbocycles. The third-order valence-electron chi connectivity index (χ3n) is 3.79. The summed E-state index contributed by atoms with van der Waals surface area (Å²) >= 11 is 0. The van der Waals surface area contributed by atoms with Crippen molar-refractivity contribution in [3.05, 3.63) is 72.1 Å². The first kappa shape index (κ1) is 16.0. The molecule has 122 valence electrons. The molecule has 0 aliphatic heterocycles. The van der Waals surface area contributed by atoms with Crippen molar-refractivity contribution < 1.29 is 4.79 Å². The molecule has 0 bridgehead atoms. The Morgan fingerprint density at radius 1 is 1.08 bits per heavy atom. The zero-order valence-electron chi connectivity index (χ0n) is 13.6. The Morgan fingerprint density at radius 3 is 2.38 bits per heavy atom. The van der Waals surface area contributed by atoms with Crippen molar-refractivity contribution in [2.24, 2.45) is 5.73 Å². The maximum atomic E-state index is 11.1. The first-order chi connectivity index (χ1) is 11.7. The van der Waals surface area contributed by atoms with Crippen LogP contribution in [0, 0.1) is 0 Å². The Bertz CT molecular complexity index is 819. The molecule has 5 nitrogen and oxygen atoms in total. The summed E-state index contributed by atoms with van der Waals surface area (Å²) in [5.74, 6) is 0.817. The van der Waals surface area contributed by atoms with Crippen molar-refractivity contribution in [3.8, 4) is 11.4 Å². The number of amides is 1. The Kier molecular flexibility index (Phi) is 4.72. The zero-order valence-corrected chi connectivity index (χ0v) is 13.6. The molecule has 0 fully saturated rings. The summed E-state index contributed by atoms with van der Waals surface area (Å²) in [6, 6.07) is 16.0. The number of imidazole rings is 1. The number of nitrogens with two attached hydrogens (primary N) is 1. The van der Waals surface area contributed by atoms with Crippen LogP contribution in [-0.4, -0.2) is 15.5 Å². The predicted octanol–water partition coefficient (Wildman–Crippen LogP) is 3.02. The van der Waals surface area contributed by atoms with E-state index in [9.17, 15) is 4.79 Å². The van der Waals surface area contributed by atoms with E-state index >= 15 is 0 Å². The van der Waals surface area contributed by atoms with E-state index in [4.69, 9.17) is 5.73 Å². The van der Waals surface area contributed by atoms with Crippen LogP contribution in [-0.2, 0) is 17.9 Å². The number of hydrogen-bond acceptors (Lipinski definition) is 3. The minimum atomic E-state index is -0.0785. The standard InChI is InChI=1S/C19H20N4O/c1-14(24)22-18-8-6-17(7-9-18)19-21-10-11-23(19)13-16-4-2-15(12-20)3-5-16/h2-11H,12-13,20H2,1H3,(H,22,24). The molecule has 0 unspecified atom stereocenters. The molecule has 3 N–H and O–H groups in total. The molecule has 0 spiro atoms. The fourth-order valence-corrected chi connectivity index (χ4v) is 2.58. The third kappa shape index (κ3) is 3.70. The van der Waals surface area contributed by atoms with Crippen molar-refractivity contribution in [1.29, 1.82) is 0 Å². The molecule has 0 saturated heterocycles. The highest BCUT2D eigenvalue weighted by Gasteiger charge is 2.07. The van der Waals surface area contributed by atoms with E-state index < -0.39 is 0 Å². The molecule has 0 atom stereocenters. The van der Waals surface area contributed by atoms with Crippen molar-refractivity contribution in [2.45, 2.75) is 20.0 Å². The van der Waals surface area contributed by atoms with E-state index in [2.05, 4.69) is 27.0 Å². The summed E-state index contributed by atoms with van der Waals surface area (Å²) in [7, 11) is 0. The van der Waals surface area contributed by atoms with E-state index in [0.29, 0.717) is 6.54 Å². The largest absolute Gasteiger partial charge is 0.327 e. The number of nitrogens with zero attached hydrogens (tertiary/aromatic N) is 2. The smallest absolute Gasteiger partial charge is 0.221 e. The van der Waals surface area contributed by atoms with E-state index in [-0.39, 0.29) is 5.91 Å². The summed E-state index contributed by atoms with van der Waals surface area (Å²) < 4.78 is 2.10. The van der Waals surface area contributed by atoms with Gasteiger partial charge in [0, 0.05) is 43.7 Å². The topological polar surface area (TPSA) is 72.9 Å². The lowest BCUT2D eigenvalue weighted by Crippen LogP contribution is -2.05. The maximum Gasteiger partial charge on any atom is 0.221 e. The van der Waals surface area contributed by atoms with Gasteiger partial charge < -0.3 is 15.6 Å². The van der Waals surface area contributed by atoms with Gasteiger partial charge in [0.05, 0.1) is 0 Å². The maximum absolute atomic E-state index is 11.1. The van der Waals surface area contributed by atoms with Crippen LogP contribution in [0.1, 0.15) is 18.1 Å². The Balaban J connectivity index is 1.80. The average molecular weight is 320 g/mol. The number of anilines is 1. The zero-order chi connectivity index (χ0) is 16.9. The molecular weight excluding hydrogens is 300 g/mol. The molecule has 1 aromatic heterocycles. The normalized spacial score (nSPS) is 10.6. The van der Waals surface area contributed by atoms with Crippen LogP contribution in [0.5, 0.6) is 0 Å². The molecule has 0 aliphatic carbocycles. The summed E-state index contributed by atoms with van der Waals surface area (Å²) in [4.78, 5) is 15.6. The summed E-state index contributed by atoms with van der Waals surface area (Å²) in [6.07, 6.45) is 3.76. The minimum Gasteiger partial charge on any atom is -0.327 e. The van der Waals surface area contributed by atoms with E-state index in [0.717, 1.165) is 29.2 Å². The molecule has 24 heavy (non-hydrogen) atoms. The summed E-state index contributed by atoms with van der Waals surface area (Å²) in [6.45, 7) is 2.79. The van der Waals surface area contributed by atoms with Gasteiger partial charge in [0.25, 0.3) is 0 Å². The van der Waals surface area contributed by atoms with Gasteiger partial charge in [0.15, 0.2) is 0 Å². The summed E-state index contributed by atoms with van der Waals surface area (Å²) in [5.41, 5.74) is 9.74.